The molecule has 0 bridgehead atoms. The number of anilines is 2. The number of nitrogens with zero attached hydrogens (tertiary/aromatic N) is 3. The monoisotopic (exact) mass is 326 g/mol. The minimum atomic E-state index is -2.91. The highest BCUT2D eigenvalue weighted by Gasteiger charge is 2.32. The van der Waals surface area contributed by atoms with Crippen molar-refractivity contribution in [3.63, 3.8) is 0 Å². The van der Waals surface area contributed by atoms with Gasteiger partial charge in [-0.15, -0.1) is 0 Å². The van der Waals surface area contributed by atoms with Gasteiger partial charge in [-0.1, -0.05) is 13.8 Å². The van der Waals surface area contributed by atoms with Gasteiger partial charge in [0.15, 0.2) is 9.84 Å². The van der Waals surface area contributed by atoms with E-state index in [4.69, 9.17) is 0 Å². The summed E-state index contributed by atoms with van der Waals surface area (Å²) in [5, 5.41) is 3.31. The summed E-state index contributed by atoms with van der Waals surface area (Å²) >= 11 is 0. The lowest BCUT2D eigenvalue weighted by Gasteiger charge is -2.27. The summed E-state index contributed by atoms with van der Waals surface area (Å²) in [4.78, 5) is 10.9. The third-order valence-electron chi connectivity index (χ3n) is 3.92. The minimum absolute atomic E-state index is 0.0130. The maximum absolute atomic E-state index is 11.7. The van der Waals surface area contributed by atoms with Crippen LogP contribution in [0.15, 0.2) is 12.3 Å². The summed E-state index contributed by atoms with van der Waals surface area (Å²) in [5.41, 5.74) is 0. The lowest BCUT2D eigenvalue weighted by atomic mass is 10.1. The number of sulfone groups is 1. The molecule has 0 saturated carbocycles. The van der Waals surface area contributed by atoms with Gasteiger partial charge in [-0.25, -0.2) is 13.4 Å². The van der Waals surface area contributed by atoms with Crippen LogP contribution in [0.4, 0.5) is 11.8 Å². The molecule has 0 radical (unpaired) electrons. The van der Waals surface area contributed by atoms with Crippen LogP contribution >= 0.6 is 0 Å². The third-order valence-corrected chi connectivity index (χ3v) is 5.67. The molecule has 124 valence electrons. The molecule has 0 spiro atoms. The number of rotatable bonds is 7. The van der Waals surface area contributed by atoms with Gasteiger partial charge in [-0.3, -0.25) is 0 Å². The van der Waals surface area contributed by atoms with Crippen LogP contribution in [-0.4, -0.2) is 49.0 Å². The van der Waals surface area contributed by atoms with Crippen LogP contribution in [0.5, 0.6) is 0 Å². The molecule has 1 atom stereocenters. The third kappa shape index (κ3) is 4.56. The van der Waals surface area contributed by atoms with Gasteiger partial charge in [0, 0.05) is 25.3 Å². The average molecular weight is 326 g/mol. The Morgan fingerprint density at radius 3 is 2.82 bits per heavy atom. The predicted octanol–water partition coefficient (Wildman–Crippen LogP) is 1.95. The van der Waals surface area contributed by atoms with Gasteiger partial charge >= 0.3 is 0 Å². The summed E-state index contributed by atoms with van der Waals surface area (Å²) in [5.74, 6) is 2.52. The molecule has 0 aliphatic carbocycles. The van der Waals surface area contributed by atoms with Gasteiger partial charge in [0.25, 0.3) is 0 Å². The van der Waals surface area contributed by atoms with Crippen molar-refractivity contribution in [2.75, 3.05) is 34.8 Å². The van der Waals surface area contributed by atoms with E-state index in [0.29, 0.717) is 24.8 Å². The Hall–Kier alpha value is -1.37. The maximum Gasteiger partial charge on any atom is 0.227 e. The average Bonchev–Trinajstić information content (AvgIpc) is 2.80. The summed E-state index contributed by atoms with van der Waals surface area (Å²) in [6.07, 6.45) is 3.47. The van der Waals surface area contributed by atoms with E-state index in [2.05, 4.69) is 29.1 Å². The lowest BCUT2D eigenvalue weighted by Crippen LogP contribution is -2.37. The minimum Gasteiger partial charge on any atom is -0.370 e. The molecule has 6 nitrogen and oxygen atoms in total. The Labute approximate surface area is 133 Å². The Bertz CT molecular complexity index is 589. The van der Waals surface area contributed by atoms with Crippen molar-refractivity contribution < 1.29 is 8.42 Å². The van der Waals surface area contributed by atoms with E-state index in [1.54, 1.807) is 6.20 Å². The fraction of sp³-hybridized carbons (Fsp3) is 0.733. The zero-order chi connectivity index (χ0) is 16.2. The molecule has 1 fully saturated rings. The molecule has 1 aromatic rings. The molecular weight excluding hydrogens is 300 g/mol. The van der Waals surface area contributed by atoms with Crippen LogP contribution in [0.25, 0.3) is 0 Å². The van der Waals surface area contributed by atoms with Crippen molar-refractivity contribution in [1.82, 2.24) is 9.97 Å². The largest absolute Gasteiger partial charge is 0.370 e. The van der Waals surface area contributed by atoms with Crippen molar-refractivity contribution in [1.29, 1.82) is 0 Å². The Kier molecular flexibility index (Phi) is 5.61. The van der Waals surface area contributed by atoms with Crippen molar-refractivity contribution in [2.24, 2.45) is 5.92 Å². The van der Waals surface area contributed by atoms with E-state index in [9.17, 15) is 8.42 Å². The van der Waals surface area contributed by atoms with Crippen LogP contribution < -0.4 is 10.2 Å². The zero-order valence-electron chi connectivity index (χ0n) is 13.6. The molecule has 0 amide bonds. The highest BCUT2D eigenvalue weighted by molar-refractivity contribution is 7.91. The van der Waals surface area contributed by atoms with Crippen LogP contribution in [0.2, 0.25) is 0 Å². The van der Waals surface area contributed by atoms with Gasteiger partial charge < -0.3 is 10.2 Å². The second kappa shape index (κ2) is 7.26. The highest BCUT2D eigenvalue weighted by Crippen LogP contribution is 2.22. The summed E-state index contributed by atoms with van der Waals surface area (Å²) < 4.78 is 23.4. The lowest BCUT2D eigenvalue weighted by molar-refractivity contribution is 0.599. The number of nitrogens with one attached hydrogen (secondary N) is 1. The molecule has 1 saturated heterocycles. The second-order valence-electron chi connectivity index (χ2n) is 6.19. The van der Waals surface area contributed by atoms with Crippen molar-refractivity contribution in [3.8, 4) is 0 Å². The first-order valence-corrected chi connectivity index (χ1v) is 9.77. The fourth-order valence-electron chi connectivity index (χ4n) is 2.66. The van der Waals surface area contributed by atoms with Gasteiger partial charge in [-0.05, 0) is 31.7 Å². The predicted molar refractivity (Wildman–Crippen MR) is 90.1 cm³/mol. The molecule has 1 aromatic heterocycles. The van der Waals surface area contributed by atoms with Gasteiger partial charge in [0.2, 0.25) is 5.95 Å². The summed E-state index contributed by atoms with van der Waals surface area (Å²) in [7, 11) is -2.91. The van der Waals surface area contributed by atoms with Crippen molar-refractivity contribution in [3.05, 3.63) is 12.3 Å². The fourth-order valence-corrected chi connectivity index (χ4v) is 4.39. The molecule has 1 unspecified atom stereocenters. The number of aromatic nitrogens is 2. The normalized spacial score (nSPS) is 20.3. The molecule has 0 aromatic carbocycles. The van der Waals surface area contributed by atoms with Crippen molar-refractivity contribution in [2.45, 2.75) is 39.7 Å². The molecule has 22 heavy (non-hydrogen) atoms. The molecule has 2 heterocycles. The van der Waals surface area contributed by atoms with Crippen molar-refractivity contribution >= 4 is 21.6 Å². The van der Waals surface area contributed by atoms with E-state index in [0.717, 1.165) is 18.8 Å². The molecule has 1 N–H and O–H groups in total. The van der Waals surface area contributed by atoms with E-state index >= 15 is 0 Å². The Balaban J connectivity index is 2.06. The molecule has 2 rings (SSSR count). The SMILES string of the molecule is CCN(c1nccc(NCCC(C)C)n1)C1CCS(=O)(=O)C1. The Morgan fingerprint density at radius 2 is 2.23 bits per heavy atom. The van der Waals surface area contributed by atoms with Gasteiger partial charge in [0.1, 0.15) is 5.82 Å². The first-order valence-electron chi connectivity index (χ1n) is 7.95. The topological polar surface area (TPSA) is 75.2 Å². The highest BCUT2D eigenvalue weighted by atomic mass is 32.2. The van der Waals surface area contributed by atoms with Gasteiger partial charge in [-0.2, -0.15) is 4.98 Å². The van der Waals surface area contributed by atoms with E-state index < -0.39 is 9.84 Å². The molecule has 7 heteroatoms. The van der Waals surface area contributed by atoms with E-state index in [-0.39, 0.29) is 17.5 Å². The van der Waals surface area contributed by atoms with Crippen LogP contribution in [0.1, 0.15) is 33.6 Å². The maximum atomic E-state index is 11.7. The summed E-state index contributed by atoms with van der Waals surface area (Å²) in [6, 6.07) is 1.84. The van der Waals surface area contributed by atoms with Crippen LogP contribution in [-0.2, 0) is 9.84 Å². The first kappa shape index (κ1) is 17.0. The quantitative estimate of drug-likeness (QED) is 0.825. The molecule has 1 aliphatic rings. The Morgan fingerprint density at radius 1 is 1.45 bits per heavy atom. The molecular formula is C15H26N4O2S. The van der Waals surface area contributed by atoms with E-state index in [1.807, 2.05) is 17.9 Å². The number of hydrogen-bond donors (Lipinski definition) is 1. The standard InChI is InChI=1S/C15H26N4O2S/c1-4-19(13-7-10-22(20,21)11-13)15-17-9-6-14(18-15)16-8-5-12(2)3/h6,9,12-13H,4-5,7-8,10-11H2,1-3H3,(H,16,17,18). The van der Waals surface area contributed by atoms with Gasteiger partial charge in [0.05, 0.1) is 11.5 Å². The van der Waals surface area contributed by atoms with Crippen LogP contribution in [0, 0.1) is 5.92 Å². The smallest absolute Gasteiger partial charge is 0.227 e. The van der Waals surface area contributed by atoms with Crippen LogP contribution in [0.3, 0.4) is 0 Å². The second-order valence-corrected chi connectivity index (χ2v) is 8.42. The zero-order valence-corrected chi connectivity index (χ0v) is 14.4. The summed E-state index contributed by atoms with van der Waals surface area (Å²) in [6.45, 7) is 7.96. The first-order chi connectivity index (χ1) is 10.4. The van der Waals surface area contributed by atoms with E-state index in [1.165, 1.54) is 0 Å². The molecule has 1 aliphatic heterocycles. The number of hydrogen-bond acceptors (Lipinski definition) is 6.